The molecule has 176 valence electrons. The highest BCUT2D eigenvalue weighted by molar-refractivity contribution is 7.12. The van der Waals surface area contributed by atoms with Crippen molar-refractivity contribution in [3.8, 4) is 0 Å². The molecule has 1 aliphatic heterocycles. The summed E-state index contributed by atoms with van der Waals surface area (Å²) in [6.45, 7) is 1.10. The molecular weight excluding hydrogens is 458 g/mol. The zero-order valence-corrected chi connectivity index (χ0v) is 19.9. The van der Waals surface area contributed by atoms with Gasteiger partial charge in [-0.3, -0.25) is 14.4 Å². The molecule has 6 nitrogen and oxygen atoms in total. The van der Waals surface area contributed by atoms with E-state index >= 15 is 0 Å². The predicted octanol–water partition coefficient (Wildman–Crippen LogP) is 5.64. The maximum absolute atomic E-state index is 13.2. The zero-order valence-electron chi connectivity index (χ0n) is 19.1. The zero-order chi connectivity index (χ0) is 24.2. The number of hydrogen-bond acceptors (Lipinski definition) is 4. The van der Waals surface area contributed by atoms with Crippen LogP contribution >= 0.6 is 11.3 Å². The summed E-state index contributed by atoms with van der Waals surface area (Å²) < 4.78 is 0. The van der Waals surface area contributed by atoms with Crippen molar-refractivity contribution in [3.05, 3.63) is 94.7 Å². The molecule has 3 amide bonds. The molecule has 0 bridgehead atoms. The van der Waals surface area contributed by atoms with Crippen molar-refractivity contribution in [1.82, 2.24) is 4.90 Å². The third-order valence-electron chi connectivity index (χ3n) is 6.33. The van der Waals surface area contributed by atoms with Gasteiger partial charge in [0.2, 0.25) is 5.91 Å². The van der Waals surface area contributed by atoms with Gasteiger partial charge in [-0.15, -0.1) is 11.3 Å². The number of hydrogen-bond donors (Lipinski definition) is 2. The van der Waals surface area contributed by atoms with Gasteiger partial charge in [0.15, 0.2) is 0 Å². The van der Waals surface area contributed by atoms with Gasteiger partial charge >= 0.3 is 0 Å². The van der Waals surface area contributed by atoms with Gasteiger partial charge in [-0.05, 0) is 65.4 Å². The molecule has 7 heteroatoms. The second-order valence-electron chi connectivity index (χ2n) is 8.59. The van der Waals surface area contributed by atoms with Crippen LogP contribution in [0.15, 0.2) is 84.2 Å². The van der Waals surface area contributed by atoms with Gasteiger partial charge < -0.3 is 15.5 Å². The average molecular weight is 484 g/mol. The molecular formula is C28H25N3O3S. The molecule has 1 saturated heterocycles. The minimum atomic E-state index is -0.151. The van der Waals surface area contributed by atoms with Crippen LogP contribution in [0.1, 0.15) is 32.9 Å². The number of carbonyl (C=O) groups excluding carboxylic acids is 3. The Hall–Kier alpha value is -3.97. The minimum Gasteiger partial charge on any atom is -0.339 e. The number of nitrogens with one attached hydrogen (secondary N) is 2. The Kier molecular flexibility index (Phi) is 6.59. The first-order chi connectivity index (χ1) is 17.1. The lowest BCUT2D eigenvalue weighted by molar-refractivity contribution is -0.121. The fourth-order valence-corrected chi connectivity index (χ4v) is 5.03. The number of amides is 3. The predicted molar refractivity (Wildman–Crippen MR) is 140 cm³/mol. The van der Waals surface area contributed by atoms with Crippen molar-refractivity contribution in [1.29, 1.82) is 0 Å². The molecule has 1 aromatic heterocycles. The van der Waals surface area contributed by atoms with Gasteiger partial charge in [-0.25, -0.2) is 0 Å². The van der Waals surface area contributed by atoms with Crippen LogP contribution in [0.5, 0.6) is 0 Å². The molecule has 4 aromatic rings. The molecule has 0 aliphatic carbocycles. The number of benzene rings is 3. The van der Waals surface area contributed by atoms with Crippen molar-refractivity contribution >= 4 is 51.2 Å². The monoisotopic (exact) mass is 483 g/mol. The van der Waals surface area contributed by atoms with Gasteiger partial charge in [-0.1, -0.05) is 42.5 Å². The van der Waals surface area contributed by atoms with Gasteiger partial charge in [-0.2, -0.15) is 0 Å². The van der Waals surface area contributed by atoms with E-state index in [1.54, 1.807) is 30.3 Å². The largest absolute Gasteiger partial charge is 0.339 e. The smallest absolute Gasteiger partial charge is 0.265 e. The molecule has 0 radical (unpaired) electrons. The molecule has 1 aliphatic rings. The van der Waals surface area contributed by atoms with E-state index < -0.39 is 0 Å². The number of piperidine rings is 1. The standard InChI is InChI=1S/C28H25N3O3S/c32-26(29-21-10-12-22(13-11-21)30-27(33)25-9-4-18-35-25)20-14-16-31(17-15-20)28(34)24-8-3-6-19-5-1-2-7-23(19)24/h1-13,18,20H,14-17H2,(H,29,32)(H,30,33). The summed E-state index contributed by atoms with van der Waals surface area (Å²) in [6.07, 6.45) is 1.24. The summed E-state index contributed by atoms with van der Waals surface area (Å²) in [5, 5.41) is 9.67. The van der Waals surface area contributed by atoms with Gasteiger partial charge in [0.05, 0.1) is 4.88 Å². The van der Waals surface area contributed by atoms with Crippen LogP contribution in [0, 0.1) is 5.92 Å². The topological polar surface area (TPSA) is 78.5 Å². The third-order valence-corrected chi connectivity index (χ3v) is 7.20. The molecule has 0 atom stereocenters. The van der Waals surface area contributed by atoms with E-state index in [-0.39, 0.29) is 23.6 Å². The van der Waals surface area contributed by atoms with Crippen molar-refractivity contribution in [2.24, 2.45) is 5.92 Å². The second-order valence-corrected chi connectivity index (χ2v) is 9.54. The summed E-state index contributed by atoms with van der Waals surface area (Å²) >= 11 is 1.38. The molecule has 0 unspecified atom stereocenters. The fraction of sp³-hybridized carbons (Fsp3) is 0.179. The van der Waals surface area contributed by atoms with E-state index in [1.165, 1.54) is 11.3 Å². The Morgan fingerprint density at radius 2 is 1.46 bits per heavy atom. The van der Waals surface area contributed by atoms with E-state index in [0.29, 0.717) is 47.7 Å². The Bertz CT molecular complexity index is 1350. The lowest BCUT2D eigenvalue weighted by Gasteiger charge is -2.31. The van der Waals surface area contributed by atoms with Crippen molar-refractivity contribution in [2.75, 3.05) is 23.7 Å². The van der Waals surface area contributed by atoms with E-state index in [2.05, 4.69) is 10.6 Å². The van der Waals surface area contributed by atoms with E-state index in [9.17, 15) is 14.4 Å². The first-order valence-electron chi connectivity index (χ1n) is 11.6. The first kappa shape index (κ1) is 22.8. The number of rotatable bonds is 5. The lowest BCUT2D eigenvalue weighted by Crippen LogP contribution is -2.41. The first-order valence-corrected chi connectivity index (χ1v) is 12.5. The quantitative estimate of drug-likeness (QED) is 0.385. The number of carbonyl (C=O) groups is 3. The van der Waals surface area contributed by atoms with Gasteiger partial charge in [0, 0.05) is 35.9 Å². The molecule has 35 heavy (non-hydrogen) atoms. The average Bonchev–Trinajstić information content (AvgIpc) is 3.45. The second kappa shape index (κ2) is 10.1. The van der Waals surface area contributed by atoms with Crippen molar-refractivity contribution < 1.29 is 14.4 Å². The van der Waals surface area contributed by atoms with Gasteiger partial charge in [0.1, 0.15) is 0 Å². The van der Waals surface area contributed by atoms with Crippen LogP contribution in [0.3, 0.4) is 0 Å². The van der Waals surface area contributed by atoms with Crippen LogP contribution in [-0.4, -0.2) is 35.7 Å². The Labute approximate surface area is 207 Å². The number of fused-ring (bicyclic) bond motifs is 1. The summed E-state index contributed by atoms with van der Waals surface area (Å²) in [4.78, 5) is 40.7. The van der Waals surface area contributed by atoms with Crippen LogP contribution in [0.2, 0.25) is 0 Å². The number of likely N-dealkylation sites (tertiary alicyclic amines) is 1. The lowest BCUT2D eigenvalue weighted by atomic mass is 9.94. The van der Waals surface area contributed by atoms with Crippen molar-refractivity contribution in [3.63, 3.8) is 0 Å². The van der Waals surface area contributed by atoms with Crippen LogP contribution < -0.4 is 10.6 Å². The Morgan fingerprint density at radius 1 is 0.771 bits per heavy atom. The van der Waals surface area contributed by atoms with Crippen molar-refractivity contribution in [2.45, 2.75) is 12.8 Å². The number of nitrogens with zero attached hydrogens (tertiary/aromatic N) is 1. The Balaban J connectivity index is 1.15. The van der Waals surface area contributed by atoms with E-state index in [1.807, 2.05) is 58.8 Å². The highest BCUT2D eigenvalue weighted by atomic mass is 32.1. The van der Waals surface area contributed by atoms with Crippen LogP contribution in [0.25, 0.3) is 10.8 Å². The van der Waals surface area contributed by atoms with E-state index in [0.717, 1.165) is 10.8 Å². The number of anilines is 2. The number of thiophene rings is 1. The van der Waals surface area contributed by atoms with E-state index in [4.69, 9.17) is 0 Å². The maximum Gasteiger partial charge on any atom is 0.265 e. The van der Waals surface area contributed by atoms with Gasteiger partial charge in [0.25, 0.3) is 11.8 Å². The van der Waals surface area contributed by atoms with Crippen LogP contribution in [-0.2, 0) is 4.79 Å². The normalized spacial score (nSPS) is 14.0. The molecule has 0 saturated carbocycles. The fourth-order valence-electron chi connectivity index (χ4n) is 4.41. The highest BCUT2D eigenvalue weighted by Gasteiger charge is 2.28. The summed E-state index contributed by atoms with van der Waals surface area (Å²) in [7, 11) is 0. The molecule has 2 heterocycles. The third kappa shape index (κ3) is 5.10. The SMILES string of the molecule is O=C(Nc1ccc(NC(=O)C2CCN(C(=O)c3cccc4ccccc34)CC2)cc1)c1cccs1. The molecule has 5 rings (SSSR count). The summed E-state index contributed by atoms with van der Waals surface area (Å²) in [5.74, 6) is -0.329. The molecule has 2 N–H and O–H groups in total. The minimum absolute atomic E-state index is 0.0147. The highest BCUT2D eigenvalue weighted by Crippen LogP contribution is 2.25. The summed E-state index contributed by atoms with van der Waals surface area (Å²) in [6, 6.07) is 24.4. The molecule has 0 spiro atoms. The molecule has 1 fully saturated rings. The Morgan fingerprint density at radius 3 is 2.17 bits per heavy atom. The molecule has 3 aromatic carbocycles. The maximum atomic E-state index is 13.2. The van der Waals surface area contributed by atoms with Crippen LogP contribution in [0.4, 0.5) is 11.4 Å². The summed E-state index contributed by atoms with van der Waals surface area (Å²) in [5.41, 5.74) is 2.05.